The topological polar surface area (TPSA) is 95.9 Å². The zero-order chi connectivity index (χ0) is 14.0. The number of nitrogens with one attached hydrogen (secondary N) is 1. The third-order valence-electron chi connectivity index (χ3n) is 2.52. The van der Waals surface area contributed by atoms with Gasteiger partial charge < -0.3 is 10.1 Å². The van der Waals surface area contributed by atoms with E-state index in [1.807, 2.05) is 0 Å². The molecule has 0 aliphatic rings. The van der Waals surface area contributed by atoms with E-state index in [1.54, 1.807) is 25.3 Å². The zero-order valence-electron chi connectivity index (χ0n) is 9.98. The van der Waals surface area contributed by atoms with E-state index in [-0.39, 0.29) is 12.0 Å². The fourth-order valence-corrected chi connectivity index (χ4v) is 1.84. The smallest absolute Gasteiger partial charge is 0.308 e. The van der Waals surface area contributed by atoms with Crippen LogP contribution in [0.3, 0.4) is 0 Å². The van der Waals surface area contributed by atoms with E-state index < -0.39 is 11.5 Å². The fourth-order valence-electron chi connectivity index (χ4n) is 1.61. The second kappa shape index (κ2) is 5.31. The molecule has 98 valence electrons. The Labute approximate surface area is 116 Å². The highest BCUT2D eigenvalue weighted by Crippen LogP contribution is 2.15. The van der Waals surface area contributed by atoms with Crippen LogP contribution in [0.5, 0.6) is 0 Å². The summed E-state index contributed by atoms with van der Waals surface area (Å²) in [6, 6.07) is 3.49. The van der Waals surface area contributed by atoms with Gasteiger partial charge in [-0.1, -0.05) is 0 Å². The van der Waals surface area contributed by atoms with Crippen molar-refractivity contribution in [2.45, 2.75) is 13.3 Å². The van der Waals surface area contributed by atoms with E-state index in [0.717, 1.165) is 4.47 Å². The Morgan fingerprint density at radius 3 is 2.74 bits per heavy atom. The van der Waals surface area contributed by atoms with Crippen molar-refractivity contribution in [2.24, 2.45) is 0 Å². The van der Waals surface area contributed by atoms with Crippen molar-refractivity contribution in [3.63, 3.8) is 0 Å². The highest BCUT2D eigenvalue weighted by atomic mass is 79.9. The molecular formula is C12H10BrN3O3. The molecule has 0 saturated carbocycles. The molecule has 0 spiro atoms. The fraction of sp³-hybridized carbons (Fsp3) is 0.167. The van der Waals surface area contributed by atoms with E-state index in [0.29, 0.717) is 17.2 Å². The highest BCUT2D eigenvalue weighted by Gasteiger charge is 2.13. The Balaban J connectivity index is 2.48. The van der Waals surface area contributed by atoms with Crippen LogP contribution in [0.2, 0.25) is 0 Å². The van der Waals surface area contributed by atoms with Crippen molar-refractivity contribution in [2.75, 3.05) is 0 Å². The number of carbonyl (C=O) groups is 1. The largest absolute Gasteiger partial charge is 0.481 e. The number of aliphatic carboxylic acids is 1. The normalized spacial score (nSPS) is 10.4. The molecule has 7 heteroatoms. The molecule has 0 aliphatic carbocycles. The second-order valence-corrected chi connectivity index (χ2v) is 4.83. The maximum atomic E-state index is 11.8. The predicted molar refractivity (Wildman–Crippen MR) is 71.9 cm³/mol. The molecule has 0 aliphatic heterocycles. The third-order valence-corrected chi connectivity index (χ3v) is 2.99. The highest BCUT2D eigenvalue weighted by molar-refractivity contribution is 9.10. The Bertz CT molecular complexity index is 680. The lowest BCUT2D eigenvalue weighted by molar-refractivity contribution is -0.136. The molecule has 2 N–H and O–H groups in total. The number of hydrogen-bond donors (Lipinski definition) is 2. The van der Waals surface area contributed by atoms with Gasteiger partial charge >= 0.3 is 5.97 Å². The van der Waals surface area contributed by atoms with Crippen molar-refractivity contribution in [3.05, 3.63) is 44.4 Å². The first-order valence-electron chi connectivity index (χ1n) is 5.41. The summed E-state index contributed by atoms with van der Waals surface area (Å²) >= 11 is 3.27. The van der Waals surface area contributed by atoms with Crippen LogP contribution in [-0.4, -0.2) is 26.0 Å². The monoisotopic (exact) mass is 323 g/mol. The summed E-state index contributed by atoms with van der Waals surface area (Å²) < 4.78 is 0.817. The van der Waals surface area contributed by atoms with Gasteiger partial charge in [-0.15, -0.1) is 0 Å². The Hall–Kier alpha value is -2.02. The van der Waals surface area contributed by atoms with E-state index in [4.69, 9.17) is 5.11 Å². The zero-order valence-corrected chi connectivity index (χ0v) is 11.6. The Kier molecular flexibility index (Phi) is 3.75. The Morgan fingerprint density at radius 2 is 2.21 bits per heavy atom. The lowest BCUT2D eigenvalue weighted by atomic mass is 10.1. The average Bonchev–Trinajstić information content (AvgIpc) is 2.34. The summed E-state index contributed by atoms with van der Waals surface area (Å²) in [7, 11) is 0. The molecule has 0 fully saturated rings. The van der Waals surface area contributed by atoms with E-state index in [1.165, 1.54) is 0 Å². The van der Waals surface area contributed by atoms with Crippen LogP contribution in [0, 0.1) is 6.92 Å². The molecule has 2 heterocycles. The molecule has 2 aromatic heterocycles. The number of pyridine rings is 1. The summed E-state index contributed by atoms with van der Waals surface area (Å²) in [5, 5.41) is 8.73. The predicted octanol–water partition coefficient (Wildman–Crippen LogP) is 1.53. The van der Waals surface area contributed by atoms with E-state index >= 15 is 0 Å². The third kappa shape index (κ3) is 3.05. The average molecular weight is 324 g/mol. The van der Waals surface area contributed by atoms with Crippen molar-refractivity contribution in [3.8, 4) is 11.5 Å². The standard InChI is InChI=1S/C12H10BrN3O3/c1-6-8(4-10(17)18)12(19)16-11(15-6)9-3-2-7(13)5-14-9/h2-3,5H,4H2,1H3,(H,17,18)(H,15,16,19). The molecule has 0 radical (unpaired) electrons. The van der Waals surface area contributed by atoms with Gasteiger partial charge in [-0.25, -0.2) is 4.98 Å². The quantitative estimate of drug-likeness (QED) is 0.893. The number of halogens is 1. The number of hydrogen-bond acceptors (Lipinski definition) is 4. The van der Waals surface area contributed by atoms with Gasteiger partial charge in [0.2, 0.25) is 0 Å². The van der Waals surface area contributed by atoms with Gasteiger partial charge in [0, 0.05) is 21.9 Å². The van der Waals surface area contributed by atoms with Crippen molar-refractivity contribution in [1.82, 2.24) is 15.0 Å². The molecule has 0 unspecified atom stereocenters. The first-order chi connectivity index (χ1) is 8.97. The number of nitrogens with zero attached hydrogens (tertiary/aromatic N) is 2. The van der Waals surface area contributed by atoms with Gasteiger partial charge in [0.25, 0.3) is 5.56 Å². The van der Waals surface area contributed by atoms with Crippen molar-refractivity contribution >= 4 is 21.9 Å². The number of rotatable bonds is 3. The van der Waals surface area contributed by atoms with Crippen LogP contribution in [-0.2, 0) is 11.2 Å². The molecule has 6 nitrogen and oxygen atoms in total. The van der Waals surface area contributed by atoms with Crippen LogP contribution in [0.25, 0.3) is 11.5 Å². The van der Waals surface area contributed by atoms with Crippen molar-refractivity contribution < 1.29 is 9.90 Å². The number of carboxylic acid groups (broad SMARTS) is 1. The number of H-pyrrole nitrogens is 1. The SMILES string of the molecule is Cc1nc(-c2ccc(Br)cn2)[nH]c(=O)c1CC(=O)O. The molecule has 2 rings (SSSR count). The lowest BCUT2D eigenvalue weighted by Gasteiger charge is -2.05. The van der Waals surface area contributed by atoms with Gasteiger partial charge in [0.05, 0.1) is 6.42 Å². The van der Waals surface area contributed by atoms with Gasteiger partial charge in [-0.3, -0.25) is 14.6 Å². The minimum Gasteiger partial charge on any atom is -0.481 e. The molecule has 0 bridgehead atoms. The minimum atomic E-state index is -1.06. The summed E-state index contributed by atoms with van der Waals surface area (Å²) in [6.45, 7) is 1.61. The first-order valence-corrected chi connectivity index (χ1v) is 6.20. The molecule has 2 aromatic rings. The van der Waals surface area contributed by atoms with Crippen LogP contribution in [0.15, 0.2) is 27.6 Å². The van der Waals surface area contributed by atoms with Gasteiger partial charge in [-0.2, -0.15) is 0 Å². The Morgan fingerprint density at radius 1 is 1.47 bits per heavy atom. The maximum Gasteiger partial charge on any atom is 0.308 e. The van der Waals surface area contributed by atoms with Crippen LogP contribution >= 0.6 is 15.9 Å². The number of aryl methyl sites for hydroxylation is 1. The second-order valence-electron chi connectivity index (χ2n) is 3.91. The first kappa shape index (κ1) is 13.4. The van der Waals surface area contributed by atoms with E-state index in [2.05, 4.69) is 30.9 Å². The molecule has 0 amide bonds. The molecular weight excluding hydrogens is 314 g/mol. The van der Waals surface area contributed by atoms with E-state index in [9.17, 15) is 9.59 Å². The number of aromatic amines is 1. The van der Waals surface area contributed by atoms with Crippen LogP contribution in [0.4, 0.5) is 0 Å². The van der Waals surface area contributed by atoms with Crippen LogP contribution in [0.1, 0.15) is 11.3 Å². The molecule has 19 heavy (non-hydrogen) atoms. The van der Waals surface area contributed by atoms with Gasteiger partial charge in [0.15, 0.2) is 5.82 Å². The molecule has 0 saturated heterocycles. The summed E-state index contributed by atoms with van der Waals surface area (Å²) in [5.41, 5.74) is 0.624. The van der Waals surface area contributed by atoms with Crippen molar-refractivity contribution in [1.29, 1.82) is 0 Å². The summed E-state index contributed by atoms with van der Waals surface area (Å²) in [5.74, 6) is -0.742. The molecule has 0 atom stereocenters. The summed E-state index contributed by atoms with van der Waals surface area (Å²) in [6.07, 6.45) is 1.25. The number of carboxylic acids is 1. The lowest BCUT2D eigenvalue weighted by Crippen LogP contribution is -2.20. The minimum absolute atomic E-state index is 0.161. The number of aromatic nitrogens is 3. The van der Waals surface area contributed by atoms with Crippen LogP contribution < -0.4 is 5.56 Å². The van der Waals surface area contributed by atoms with Gasteiger partial charge in [0.1, 0.15) is 5.69 Å². The van der Waals surface area contributed by atoms with Gasteiger partial charge in [-0.05, 0) is 35.0 Å². The maximum absolute atomic E-state index is 11.8. The molecule has 0 aromatic carbocycles. The summed E-state index contributed by atoms with van der Waals surface area (Å²) in [4.78, 5) is 33.4.